The van der Waals surface area contributed by atoms with Crippen LogP contribution in [0.3, 0.4) is 0 Å². The molecule has 0 spiro atoms. The molecule has 1 aliphatic rings. The van der Waals surface area contributed by atoms with Crippen molar-refractivity contribution >= 4 is 16.8 Å². The average molecular weight is 363 g/mol. The fraction of sp³-hybridized carbons (Fsp3) is 0.286. The van der Waals surface area contributed by atoms with E-state index in [2.05, 4.69) is 4.98 Å². The number of fused-ring (bicyclic) bond motifs is 1. The summed E-state index contributed by atoms with van der Waals surface area (Å²) in [4.78, 5) is 31.1. The van der Waals surface area contributed by atoms with Crippen LogP contribution in [0.1, 0.15) is 18.4 Å². The molecule has 4 rings (SSSR count). The van der Waals surface area contributed by atoms with Gasteiger partial charge in [-0.2, -0.15) is 0 Å². The molecule has 1 aliphatic heterocycles. The monoisotopic (exact) mass is 363 g/mol. The number of hydrogen-bond acceptors (Lipinski definition) is 4. The Morgan fingerprint density at radius 2 is 1.85 bits per heavy atom. The van der Waals surface area contributed by atoms with Gasteiger partial charge in [-0.3, -0.25) is 14.2 Å². The van der Waals surface area contributed by atoms with E-state index in [-0.39, 0.29) is 31.0 Å². The van der Waals surface area contributed by atoms with Crippen molar-refractivity contribution in [3.63, 3.8) is 0 Å². The third kappa shape index (κ3) is 3.36. The molecule has 0 saturated carbocycles. The number of aromatic nitrogens is 2. The Balaban J connectivity index is 1.43. The maximum absolute atomic E-state index is 12.6. The minimum absolute atomic E-state index is 0.0677. The minimum atomic E-state index is -1.00. The summed E-state index contributed by atoms with van der Waals surface area (Å²) >= 11 is 0. The van der Waals surface area contributed by atoms with Crippen molar-refractivity contribution < 1.29 is 9.90 Å². The molecule has 1 amide bonds. The van der Waals surface area contributed by atoms with Crippen LogP contribution in [0, 0.1) is 0 Å². The van der Waals surface area contributed by atoms with Gasteiger partial charge in [0, 0.05) is 19.5 Å². The number of hydrogen-bond donors (Lipinski definition) is 1. The second kappa shape index (κ2) is 6.96. The maximum Gasteiger partial charge on any atom is 0.261 e. The number of aryl methyl sites for hydroxylation is 1. The smallest absolute Gasteiger partial charge is 0.261 e. The Hall–Kier alpha value is -2.99. The minimum Gasteiger partial charge on any atom is -0.383 e. The molecule has 0 unspecified atom stereocenters. The number of aliphatic hydroxyl groups is 1. The summed E-state index contributed by atoms with van der Waals surface area (Å²) in [5.41, 5.74) is 0.335. The number of amides is 1. The fourth-order valence-corrected chi connectivity index (χ4v) is 3.63. The number of benzene rings is 2. The molecule has 3 aromatic rings. The zero-order valence-corrected chi connectivity index (χ0v) is 14.9. The number of carbonyl (C=O) groups is 1. The average Bonchev–Trinajstić information content (AvgIpc) is 3.12. The molecule has 2 aromatic carbocycles. The molecular weight excluding hydrogens is 342 g/mol. The number of para-hydroxylation sites is 1. The molecule has 27 heavy (non-hydrogen) atoms. The van der Waals surface area contributed by atoms with Gasteiger partial charge >= 0.3 is 0 Å². The molecular formula is C21H21N3O3. The first-order valence-electron chi connectivity index (χ1n) is 9.07. The Morgan fingerprint density at radius 1 is 1.11 bits per heavy atom. The highest BCUT2D eigenvalue weighted by atomic mass is 16.3. The summed E-state index contributed by atoms with van der Waals surface area (Å²) < 4.78 is 1.47. The number of β-amino-alcohol motifs (C(OH)–C–C–N with tert-alkyl or cyclic N) is 1. The zero-order valence-electron chi connectivity index (χ0n) is 14.9. The maximum atomic E-state index is 12.6. The van der Waals surface area contributed by atoms with E-state index in [1.165, 1.54) is 10.9 Å². The predicted molar refractivity (Wildman–Crippen MR) is 102 cm³/mol. The Labute approximate surface area is 156 Å². The van der Waals surface area contributed by atoms with E-state index in [1.807, 2.05) is 36.4 Å². The number of likely N-dealkylation sites (tertiary alicyclic amines) is 1. The van der Waals surface area contributed by atoms with Gasteiger partial charge in [-0.15, -0.1) is 0 Å². The molecule has 0 aliphatic carbocycles. The predicted octanol–water partition coefficient (Wildman–Crippen LogP) is 1.91. The summed E-state index contributed by atoms with van der Waals surface area (Å²) in [5.74, 6) is -0.0677. The summed E-state index contributed by atoms with van der Waals surface area (Å²) in [6.45, 7) is 1.06. The molecule has 1 aromatic heterocycles. The first kappa shape index (κ1) is 17.4. The SMILES string of the molecule is O=C(CCn1cnc2ccccc2c1=O)N1CC[C@](O)(c2ccccc2)C1. The quantitative estimate of drug-likeness (QED) is 0.768. The van der Waals surface area contributed by atoms with Crippen molar-refractivity contribution in [1.82, 2.24) is 14.5 Å². The summed E-state index contributed by atoms with van der Waals surface area (Å²) in [6, 6.07) is 16.6. The van der Waals surface area contributed by atoms with Gasteiger partial charge in [0.05, 0.1) is 23.8 Å². The zero-order chi connectivity index (χ0) is 18.9. The molecule has 0 radical (unpaired) electrons. The number of nitrogens with zero attached hydrogens (tertiary/aromatic N) is 3. The highest BCUT2D eigenvalue weighted by molar-refractivity contribution is 5.78. The molecule has 6 heteroatoms. The first-order chi connectivity index (χ1) is 13.1. The third-order valence-corrected chi connectivity index (χ3v) is 5.21. The van der Waals surface area contributed by atoms with E-state index in [0.29, 0.717) is 23.9 Å². The van der Waals surface area contributed by atoms with Gasteiger partial charge in [-0.05, 0) is 24.1 Å². The van der Waals surface area contributed by atoms with Crippen LogP contribution >= 0.6 is 0 Å². The Kier molecular flexibility index (Phi) is 4.49. The summed E-state index contributed by atoms with van der Waals surface area (Å²) in [6.07, 6.45) is 2.20. The topological polar surface area (TPSA) is 75.4 Å². The molecule has 2 heterocycles. The van der Waals surface area contributed by atoms with Gasteiger partial charge in [0.1, 0.15) is 5.60 Å². The van der Waals surface area contributed by atoms with Gasteiger partial charge < -0.3 is 10.0 Å². The lowest BCUT2D eigenvalue weighted by atomic mass is 9.93. The van der Waals surface area contributed by atoms with Gasteiger partial charge in [0.2, 0.25) is 5.91 Å². The van der Waals surface area contributed by atoms with Gasteiger partial charge in [0.15, 0.2) is 0 Å². The van der Waals surface area contributed by atoms with E-state index < -0.39 is 5.60 Å². The largest absolute Gasteiger partial charge is 0.383 e. The first-order valence-corrected chi connectivity index (χ1v) is 9.07. The van der Waals surface area contributed by atoms with Crippen LogP contribution in [-0.4, -0.2) is 38.6 Å². The third-order valence-electron chi connectivity index (χ3n) is 5.21. The standard InChI is InChI=1S/C21H21N3O3/c25-19(23-13-11-21(27,14-23)16-6-2-1-3-7-16)10-12-24-15-22-18-9-5-4-8-17(18)20(24)26/h1-9,15,27H,10-14H2/t21-/m1/s1. The molecule has 1 fully saturated rings. The second-order valence-electron chi connectivity index (χ2n) is 6.97. The van der Waals surface area contributed by atoms with Crippen LogP contribution in [0.25, 0.3) is 10.9 Å². The van der Waals surface area contributed by atoms with Crippen molar-refractivity contribution in [2.45, 2.75) is 25.0 Å². The van der Waals surface area contributed by atoms with Crippen molar-refractivity contribution in [2.75, 3.05) is 13.1 Å². The van der Waals surface area contributed by atoms with Crippen LogP contribution < -0.4 is 5.56 Å². The molecule has 1 saturated heterocycles. The van der Waals surface area contributed by atoms with Crippen molar-refractivity contribution in [3.8, 4) is 0 Å². The van der Waals surface area contributed by atoms with E-state index in [9.17, 15) is 14.7 Å². The normalized spacial score (nSPS) is 19.5. The van der Waals surface area contributed by atoms with Gasteiger partial charge in [-0.25, -0.2) is 4.98 Å². The van der Waals surface area contributed by atoms with Crippen LogP contribution in [0.4, 0.5) is 0 Å². The molecule has 1 atom stereocenters. The lowest BCUT2D eigenvalue weighted by Gasteiger charge is -2.24. The second-order valence-corrected chi connectivity index (χ2v) is 6.97. The molecule has 1 N–H and O–H groups in total. The lowest BCUT2D eigenvalue weighted by Crippen LogP contribution is -2.35. The Morgan fingerprint density at radius 3 is 2.67 bits per heavy atom. The van der Waals surface area contributed by atoms with Gasteiger partial charge in [-0.1, -0.05) is 42.5 Å². The molecule has 138 valence electrons. The number of rotatable bonds is 4. The number of carbonyl (C=O) groups excluding carboxylic acids is 1. The molecule has 0 bridgehead atoms. The van der Waals surface area contributed by atoms with Crippen LogP contribution in [-0.2, 0) is 16.9 Å². The fourth-order valence-electron chi connectivity index (χ4n) is 3.63. The van der Waals surface area contributed by atoms with E-state index in [1.54, 1.807) is 23.1 Å². The van der Waals surface area contributed by atoms with Crippen LogP contribution in [0.15, 0.2) is 65.7 Å². The van der Waals surface area contributed by atoms with Crippen LogP contribution in [0.5, 0.6) is 0 Å². The summed E-state index contributed by atoms with van der Waals surface area (Å²) in [7, 11) is 0. The van der Waals surface area contributed by atoms with E-state index in [0.717, 1.165) is 5.56 Å². The highest BCUT2D eigenvalue weighted by Crippen LogP contribution is 2.32. The van der Waals surface area contributed by atoms with Gasteiger partial charge in [0.25, 0.3) is 5.56 Å². The lowest BCUT2D eigenvalue weighted by molar-refractivity contribution is -0.131. The van der Waals surface area contributed by atoms with Crippen molar-refractivity contribution in [1.29, 1.82) is 0 Å². The Bertz CT molecular complexity index is 1030. The highest BCUT2D eigenvalue weighted by Gasteiger charge is 2.39. The van der Waals surface area contributed by atoms with E-state index in [4.69, 9.17) is 0 Å². The summed E-state index contributed by atoms with van der Waals surface area (Å²) in [5, 5.41) is 11.4. The van der Waals surface area contributed by atoms with Crippen LogP contribution in [0.2, 0.25) is 0 Å². The van der Waals surface area contributed by atoms with Crippen molar-refractivity contribution in [2.24, 2.45) is 0 Å². The van der Waals surface area contributed by atoms with E-state index >= 15 is 0 Å². The van der Waals surface area contributed by atoms with Crippen molar-refractivity contribution in [3.05, 3.63) is 76.8 Å². The molecule has 6 nitrogen and oxygen atoms in total.